The Labute approximate surface area is 156 Å². The number of ether oxygens (including phenoxy) is 1. The Balaban J connectivity index is 2.06. The summed E-state index contributed by atoms with van der Waals surface area (Å²) in [6.45, 7) is 5.49. The van der Waals surface area contributed by atoms with Crippen LogP contribution in [0.2, 0.25) is 5.02 Å². The van der Waals surface area contributed by atoms with Gasteiger partial charge in [-0.05, 0) is 35.2 Å². The van der Waals surface area contributed by atoms with Gasteiger partial charge in [0.2, 0.25) is 0 Å². The molecule has 0 N–H and O–H groups in total. The highest BCUT2D eigenvalue weighted by Crippen LogP contribution is 2.23. The van der Waals surface area contributed by atoms with Crippen molar-refractivity contribution < 1.29 is 9.53 Å². The zero-order chi connectivity index (χ0) is 17.5. The summed E-state index contributed by atoms with van der Waals surface area (Å²) in [6, 6.07) is 15.2. The molecule has 128 valence electrons. The first-order valence-electron chi connectivity index (χ1n) is 7.85. The van der Waals surface area contributed by atoms with Crippen molar-refractivity contribution in [3.05, 3.63) is 69.2 Å². The second-order valence-corrected chi connectivity index (χ2v) is 7.34. The molecule has 0 heterocycles. The van der Waals surface area contributed by atoms with Crippen molar-refractivity contribution in [1.29, 1.82) is 0 Å². The first-order valence-corrected chi connectivity index (χ1v) is 9.02. The first-order chi connectivity index (χ1) is 11.5. The fraction of sp³-hybridized carbons (Fsp3) is 0.316. The van der Waals surface area contributed by atoms with Gasteiger partial charge in [0.25, 0.3) is 0 Å². The summed E-state index contributed by atoms with van der Waals surface area (Å²) in [5, 5.41) is 0.648. The fourth-order valence-electron chi connectivity index (χ4n) is 2.33. The lowest BCUT2D eigenvalue weighted by Gasteiger charge is -2.24. The summed E-state index contributed by atoms with van der Waals surface area (Å²) in [5.74, 6) is 0.340. The van der Waals surface area contributed by atoms with Gasteiger partial charge in [-0.1, -0.05) is 71.7 Å². The third kappa shape index (κ3) is 5.84. The van der Waals surface area contributed by atoms with Crippen LogP contribution in [0.4, 0.5) is 4.79 Å². The van der Waals surface area contributed by atoms with Gasteiger partial charge in [-0.2, -0.15) is 0 Å². The molecule has 0 aliphatic rings. The maximum atomic E-state index is 12.5. The molecule has 0 atom stereocenters. The monoisotopic (exact) mass is 409 g/mol. The van der Waals surface area contributed by atoms with Crippen LogP contribution in [0.1, 0.15) is 25.0 Å². The molecule has 1 amide bonds. The van der Waals surface area contributed by atoms with E-state index in [-0.39, 0.29) is 12.7 Å². The molecule has 2 aromatic rings. The predicted molar refractivity (Wildman–Crippen MR) is 101 cm³/mol. The number of carbonyl (C=O) groups is 1. The van der Waals surface area contributed by atoms with E-state index >= 15 is 0 Å². The highest BCUT2D eigenvalue weighted by atomic mass is 79.9. The van der Waals surface area contributed by atoms with Crippen LogP contribution in [-0.2, 0) is 17.9 Å². The quantitative estimate of drug-likeness (QED) is 0.593. The van der Waals surface area contributed by atoms with Gasteiger partial charge >= 0.3 is 6.09 Å². The second-order valence-electron chi connectivity index (χ2n) is 6.05. The number of nitrogens with zero attached hydrogens (tertiary/aromatic N) is 1. The van der Waals surface area contributed by atoms with Crippen molar-refractivity contribution >= 4 is 33.6 Å². The molecule has 0 fully saturated rings. The van der Waals surface area contributed by atoms with Crippen LogP contribution in [0, 0.1) is 5.92 Å². The average Bonchev–Trinajstić information content (AvgIpc) is 2.56. The van der Waals surface area contributed by atoms with Crippen LogP contribution >= 0.6 is 27.5 Å². The van der Waals surface area contributed by atoms with E-state index in [2.05, 4.69) is 29.8 Å². The third-order valence-corrected chi connectivity index (χ3v) is 4.43. The van der Waals surface area contributed by atoms with Crippen LogP contribution in [0.5, 0.6) is 0 Å². The molecule has 24 heavy (non-hydrogen) atoms. The van der Waals surface area contributed by atoms with Crippen LogP contribution in [0.25, 0.3) is 0 Å². The van der Waals surface area contributed by atoms with E-state index in [4.69, 9.17) is 16.3 Å². The Bertz CT molecular complexity index is 676. The van der Waals surface area contributed by atoms with Crippen molar-refractivity contribution in [2.45, 2.75) is 27.0 Å². The minimum atomic E-state index is -0.320. The Morgan fingerprint density at radius 2 is 1.92 bits per heavy atom. The highest BCUT2D eigenvalue weighted by Gasteiger charge is 2.18. The molecule has 0 bridgehead atoms. The molecule has 0 spiro atoms. The molecule has 0 unspecified atom stereocenters. The number of amides is 1. The summed E-state index contributed by atoms with van der Waals surface area (Å²) in [7, 11) is 0. The number of rotatable bonds is 6. The molecule has 2 aromatic carbocycles. The van der Waals surface area contributed by atoms with Gasteiger partial charge in [0.05, 0.1) is 6.54 Å². The molecule has 0 aliphatic heterocycles. The average molecular weight is 411 g/mol. The summed E-state index contributed by atoms with van der Waals surface area (Å²) < 4.78 is 6.40. The molecule has 0 saturated heterocycles. The number of halogens is 2. The molecule has 0 radical (unpaired) electrons. The highest BCUT2D eigenvalue weighted by molar-refractivity contribution is 9.10. The van der Waals surface area contributed by atoms with Crippen LogP contribution in [0.15, 0.2) is 53.0 Å². The zero-order valence-corrected chi connectivity index (χ0v) is 16.2. The van der Waals surface area contributed by atoms with Gasteiger partial charge in [-0.15, -0.1) is 0 Å². The smallest absolute Gasteiger partial charge is 0.410 e. The largest absolute Gasteiger partial charge is 0.445 e. The SMILES string of the molecule is CC(C)CN(Cc1cc(Cl)ccc1Br)C(=O)OCc1ccccc1. The first kappa shape index (κ1) is 18.8. The van der Waals surface area contributed by atoms with Gasteiger partial charge < -0.3 is 9.64 Å². The lowest BCUT2D eigenvalue weighted by Crippen LogP contribution is -2.34. The normalized spacial score (nSPS) is 10.7. The van der Waals surface area contributed by atoms with Crippen molar-refractivity contribution in [3.63, 3.8) is 0 Å². The Morgan fingerprint density at radius 1 is 1.21 bits per heavy atom. The van der Waals surface area contributed by atoms with Gasteiger partial charge in [0.15, 0.2) is 0 Å². The molecular formula is C19H21BrClNO2. The van der Waals surface area contributed by atoms with Crippen molar-refractivity contribution in [1.82, 2.24) is 4.90 Å². The van der Waals surface area contributed by atoms with Gasteiger partial charge in [0, 0.05) is 16.0 Å². The topological polar surface area (TPSA) is 29.5 Å². The summed E-state index contributed by atoms with van der Waals surface area (Å²) >= 11 is 9.58. The number of hydrogen-bond acceptors (Lipinski definition) is 2. The Morgan fingerprint density at radius 3 is 2.58 bits per heavy atom. The molecule has 0 saturated carbocycles. The molecule has 0 aromatic heterocycles. The predicted octanol–water partition coefficient (Wildman–Crippen LogP) is 5.90. The number of benzene rings is 2. The van der Waals surface area contributed by atoms with Gasteiger partial charge in [-0.3, -0.25) is 0 Å². The minimum absolute atomic E-state index is 0.269. The number of carbonyl (C=O) groups excluding carboxylic acids is 1. The molecule has 0 aliphatic carbocycles. The van der Waals surface area contributed by atoms with Gasteiger partial charge in [0.1, 0.15) is 6.61 Å². The van der Waals surface area contributed by atoms with E-state index in [1.807, 2.05) is 48.5 Å². The third-order valence-electron chi connectivity index (χ3n) is 3.42. The van der Waals surface area contributed by atoms with E-state index in [1.165, 1.54) is 0 Å². The van der Waals surface area contributed by atoms with Crippen molar-refractivity contribution in [2.75, 3.05) is 6.54 Å². The van der Waals surface area contributed by atoms with E-state index in [9.17, 15) is 4.79 Å². The van der Waals surface area contributed by atoms with Crippen LogP contribution in [0.3, 0.4) is 0 Å². The standard InChI is InChI=1S/C19H21BrClNO2/c1-14(2)11-22(12-16-10-17(21)8-9-18(16)20)19(23)24-13-15-6-4-3-5-7-15/h3-10,14H,11-13H2,1-2H3. The fourth-order valence-corrected chi connectivity index (χ4v) is 2.89. The number of hydrogen-bond donors (Lipinski definition) is 0. The summed E-state index contributed by atoms with van der Waals surface area (Å²) in [4.78, 5) is 14.2. The van der Waals surface area contributed by atoms with Crippen LogP contribution < -0.4 is 0 Å². The van der Waals surface area contributed by atoms with E-state index in [0.717, 1.165) is 15.6 Å². The van der Waals surface area contributed by atoms with Crippen LogP contribution in [-0.4, -0.2) is 17.5 Å². The maximum absolute atomic E-state index is 12.5. The molecule has 2 rings (SSSR count). The Kier molecular flexibility index (Phi) is 7.13. The lowest BCUT2D eigenvalue weighted by molar-refractivity contribution is 0.0892. The second kappa shape index (κ2) is 9.09. The van der Waals surface area contributed by atoms with Crippen molar-refractivity contribution in [2.24, 2.45) is 5.92 Å². The maximum Gasteiger partial charge on any atom is 0.410 e. The van der Waals surface area contributed by atoms with E-state index in [0.29, 0.717) is 24.0 Å². The zero-order valence-electron chi connectivity index (χ0n) is 13.8. The minimum Gasteiger partial charge on any atom is -0.445 e. The van der Waals surface area contributed by atoms with Crippen molar-refractivity contribution in [3.8, 4) is 0 Å². The molecule has 3 nitrogen and oxygen atoms in total. The summed E-state index contributed by atoms with van der Waals surface area (Å²) in [5.41, 5.74) is 1.93. The molecular weight excluding hydrogens is 390 g/mol. The van der Waals surface area contributed by atoms with E-state index in [1.54, 1.807) is 4.90 Å². The Hall–Kier alpha value is -1.52. The van der Waals surface area contributed by atoms with E-state index < -0.39 is 0 Å². The molecule has 5 heteroatoms. The lowest BCUT2D eigenvalue weighted by atomic mass is 10.1. The summed E-state index contributed by atoms with van der Waals surface area (Å²) in [6.07, 6.45) is -0.320. The van der Waals surface area contributed by atoms with Gasteiger partial charge in [-0.25, -0.2) is 4.79 Å².